The van der Waals surface area contributed by atoms with E-state index in [1.54, 1.807) is 0 Å². The fraction of sp³-hybridized carbons (Fsp3) is 0.455. The highest BCUT2D eigenvalue weighted by Gasteiger charge is 2.48. The van der Waals surface area contributed by atoms with Gasteiger partial charge in [-0.3, -0.25) is 0 Å². The minimum Gasteiger partial charge on any atom is -0.383 e. The first-order valence-corrected chi connectivity index (χ1v) is 10.8. The Balaban J connectivity index is 2.77. The Labute approximate surface area is 154 Å². The van der Waals surface area contributed by atoms with Gasteiger partial charge in [0, 0.05) is 0 Å². The lowest BCUT2D eigenvalue weighted by atomic mass is 10.2. The van der Waals surface area contributed by atoms with Gasteiger partial charge in [-0.05, 0) is 65.8 Å². The highest BCUT2D eigenvalue weighted by atomic mass is 28.4. The van der Waals surface area contributed by atoms with Crippen LogP contribution < -0.4 is 10.4 Å². The SMILES string of the molecule is Cc1cccc([Si](OC(C)(C)C)(OC(C)(C)C)c2cccc(C)c2)c1. The summed E-state index contributed by atoms with van der Waals surface area (Å²) in [6.45, 7) is 16.9. The quantitative estimate of drug-likeness (QED) is 0.752. The van der Waals surface area contributed by atoms with Gasteiger partial charge >= 0.3 is 8.56 Å². The first-order chi connectivity index (χ1) is 11.4. The molecular formula is C22H32O2Si. The molecule has 0 saturated heterocycles. The van der Waals surface area contributed by atoms with Crippen molar-refractivity contribution in [2.75, 3.05) is 0 Å². The van der Waals surface area contributed by atoms with E-state index in [9.17, 15) is 0 Å². The van der Waals surface area contributed by atoms with Gasteiger partial charge in [0.15, 0.2) is 0 Å². The summed E-state index contributed by atoms with van der Waals surface area (Å²) in [5.41, 5.74) is 1.81. The molecule has 2 aromatic rings. The molecule has 0 amide bonds. The number of rotatable bonds is 4. The molecule has 0 heterocycles. The molecule has 25 heavy (non-hydrogen) atoms. The van der Waals surface area contributed by atoms with Gasteiger partial charge < -0.3 is 8.85 Å². The van der Waals surface area contributed by atoms with Crippen LogP contribution >= 0.6 is 0 Å². The van der Waals surface area contributed by atoms with Crippen LogP contribution in [-0.4, -0.2) is 19.8 Å². The molecule has 0 aliphatic carbocycles. The van der Waals surface area contributed by atoms with E-state index in [1.165, 1.54) is 11.1 Å². The molecule has 0 N–H and O–H groups in total. The van der Waals surface area contributed by atoms with E-state index >= 15 is 0 Å². The molecule has 0 fully saturated rings. The predicted molar refractivity (Wildman–Crippen MR) is 109 cm³/mol. The van der Waals surface area contributed by atoms with Crippen LogP contribution in [0.25, 0.3) is 0 Å². The van der Waals surface area contributed by atoms with Gasteiger partial charge in [0.2, 0.25) is 0 Å². The third kappa shape index (κ3) is 5.27. The Hall–Kier alpha value is -1.42. The second-order valence-corrected chi connectivity index (χ2v) is 11.6. The first-order valence-electron chi connectivity index (χ1n) is 8.96. The molecule has 0 spiro atoms. The Morgan fingerprint density at radius 1 is 0.640 bits per heavy atom. The second-order valence-electron chi connectivity index (χ2n) is 8.78. The van der Waals surface area contributed by atoms with Gasteiger partial charge in [0.1, 0.15) is 0 Å². The lowest BCUT2D eigenvalue weighted by Gasteiger charge is -2.41. The van der Waals surface area contributed by atoms with Crippen LogP contribution in [0.15, 0.2) is 48.5 Å². The van der Waals surface area contributed by atoms with Gasteiger partial charge in [-0.15, -0.1) is 0 Å². The van der Waals surface area contributed by atoms with Crippen LogP contribution in [0.4, 0.5) is 0 Å². The zero-order chi connectivity index (χ0) is 18.9. The molecule has 2 rings (SSSR count). The third-order valence-corrected chi connectivity index (χ3v) is 7.64. The zero-order valence-electron chi connectivity index (χ0n) is 16.9. The highest BCUT2D eigenvalue weighted by molar-refractivity contribution is 6.92. The minimum atomic E-state index is -2.88. The number of hydrogen-bond acceptors (Lipinski definition) is 2. The molecule has 3 heteroatoms. The van der Waals surface area contributed by atoms with Gasteiger partial charge in [-0.25, -0.2) is 0 Å². The van der Waals surface area contributed by atoms with Crippen molar-refractivity contribution in [2.45, 2.75) is 66.6 Å². The molecular weight excluding hydrogens is 324 g/mol. The van der Waals surface area contributed by atoms with Gasteiger partial charge in [0.05, 0.1) is 11.2 Å². The lowest BCUT2D eigenvalue weighted by molar-refractivity contribution is 0.0296. The summed E-state index contributed by atoms with van der Waals surface area (Å²) < 4.78 is 13.6. The minimum absolute atomic E-state index is 0.315. The van der Waals surface area contributed by atoms with E-state index in [0.717, 1.165) is 10.4 Å². The maximum absolute atomic E-state index is 6.80. The molecule has 0 bridgehead atoms. The Kier molecular flexibility index (Phi) is 5.62. The van der Waals surface area contributed by atoms with Crippen molar-refractivity contribution in [3.8, 4) is 0 Å². The van der Waals surface area contributed by atoms with Crippen molar-refractivity contribution in [1.82, 2.24) is 0 Å². The van der Waals surface area contributed by atoms with Crippen molar-refractivity contribution in [3.05, 3.63) is 59.7 Å². The van der Waals surface area contributed by atoms with E-state index in [0.29, 0.717) is 0 Å². The van der Waals surface area contributed by atoms with Crippen molar-refractivity contribution < 1.29 is 8.85 Å². The molecule has 0 atom stereocenters. The van der Waals surface area contributed by atoms with Crippen LogP contribution in [0.2, 0.25) is 0 Å². The van der Waals surface area contributed by atoms with Crippen LogP contribution in [0, 0.1) is 13.8 Å². The Morgan fingerprint density at radius 3 is 1.28 bits per heavy atom. The standard InChI is InChI=1S/C22H32O2Si/c1-17-11-9-13-19(15-17)25(23-21(3,4)5,24-22(6,7)8)20-14-10-12-18(2)16-20/h9-16H,1-8H3. The Morgan fingerprint density at radius 2 is 1.00 bits per heavy atom. The zero-order valence-corrected chi connectivity index (χ0v) is 17.9. The molecule has 2 aromatic carbocycles. The van der Waals surface area contributed by atoms with Gasteiger partial charge in [-0.1, -0.05) is 59.7 Å². The summed E-state index contributed by atoms with van der Waals surface area (Å²) in [6, 6.07) is 17.2. The van der Waals surface area contributed by atoms with E-state index in [4.69, 9.17) is 8.85 Å². The van der Waals surface area contributed by atoms with Crippen LogP contribution in [0.3, 0.4) is 0 Å². The van der Waals surface area contributed by atoms with E-state index in [2.05, 4.69) is 104 Å². The summed E-state index contributed by atoms with van der Waals surface area (Å²) in [4.78, 5) is 0. The maximum atomic E-state index is 6.80. The fourth-order valence-electron chi connectivity index (χ4n) is 2.99. The molecule has 0 saturated carbocycles. The summed E-state index contributed by atoms with van der Waals surface area (Å²) in [5.74, 6) is 0. The van der Waals surface area contributed by atoms with Crippen molar-refractivity contribution in [3.63, 3.8) is 0 Å². The molecule has 0 aliphatic heterocycles. The second kappa shape index (κ2) is 7.06. The summed E-state index contributed by atoms with van der Waals surface area (Å²) >= 11 is 0. The largest absolute Gasteiger partial charge is 0.407 e. The monoisotopic (exact) mass is 356 g/mol. The molecule has 2 nitrogen and oxygen atoms in total. The van der Waals surface area contributed by atoms with Crippen molar-refractivity contribution in [2.24, 2.45) is 0 Å². The number of hydrogen-bond donors (Lipinski definition) is 0. The van der Waals surface area contributed by atoms with Crippen LogP contribution in [0.5, 0.6) is 0 Å². The van der Waals surface area contributed by atoms with Crippen LogP contribution in [-0.2, 0) is 8.85 Å². The van der Waals surface area contributed by atoms with E-state index in [-0.39, 0.29) is 11.2 Å². The van der Waals surface area contributed by atoms with Gasteiger partial charge in [0.25, 0.3) is 0 Å². The first kappa shape index (κ1) is 19.9. The average molecular weight is 357 g/mol. The normalized spacial score (nSPS) is 13.1. The molecule has 0 aromatic heterocycles. The smallest absolute Gasteiger partial charge is 0.383 e. The third-order valence-electron chi connectivity index (χ3n) is 3.70. The summed E-state index contributed by atoms with van der Waals surface area (Å²) in [6.07, 6.45) is 0. The Bertz CT molecular complexity index is 660. The lowest BCUT2D eigenvalue weighted by Crippen LogP contribution is -2.68. The van der Waals surface area contributed by atoms with Crippen LogP contribution in [0.1, 0.15) is 52.7 Å². The molecule has 0 unspecified atom stereocenters. The number of benzene rings is 2. The molecule has 0 radical (unpaired) electrons. The van der Waals surface area contributed by atoms with Gasteiger partial charge in [-0.2, -0.15) is 0 Å². The number of aryl methyl sites for hydroxylation is 2. The summed E-state index contributed by atoms with van der Waals surface area (Å²) in [5, 5.41) is 2.31. The van der Waals surface area contributed by atoms with Crippen molar-refractivity contribution >= 4 is 18.9 Å². The fourth-order valence-corrected chi connectivity index (χ4v) is 7.02. The van der Waals surface area contributed by atoms with Crippen molar-refractivity contribution in [1.29, 1.82) is 0 Å². The van der Waals surface area contributed by atoms with E-state index < -0.39 is 8.56 Å². The molecule has 0 aliphatic rings. The highest BCUT2D eigenvalue weighted by Crippen LogP contribution is 2.24. The maximum Gasteiger partial charge on any atom is 0.407 e. The average Bonchev–Trinajstić information content (AvgIpc) is 2.43. The predicted octanol–water partition coefficient (Wildman–Crippen LogP) is 4.49. The molecule has 136 valence electrons. The van der Waals surface area contributed by atoms with E-state index in [1.807, 2.05) is 0 Å². The topological polar surface area (TPSA) is 18.5 Å². The summed E-state index contributed by atoms with van der Waals surface area (Å²) in [7, 11) is -2.88.